The summed E-state index contributed by atoms with van der Waals surface area (Å²) in [6.45, 7) is 5.93. The van der Waals surface area contributed by atoms with E-state index in [0.29, 0.717) is 12.8 Å². The second kappa shape index (κ2) is 5.16. The number of aryl methyl sites for hydroxylation is 2. The average molecular weight is 291 g/mol. The van der Waals surface area contributed by atoms with Crippen molar-refractivity contribution in [1.29, 1.82) is 0 Å². The van der Waals surface area contributed by atoms with Crippen LogP contribution in [0.1, 0.15) is 36.3 Å². The highest BCUT2D eigenvalue weighted by molar-refractivity contribution is 5.80. The Bertz CT molecular complexity index is 551. The van der Waals surface area contributed by atoms with Crippen molar-refractivity contribution in [2.75, 3.05) is 19.6 Å². The minimum Gasteiger partial charge on any atom is -0.361 e. The summed E-state index contributed by atoms with van der Waals surface area (Å²) in [5.41, 5.74) is 1.77. The van der Waals surface area contributed by atoms with Crippen molar-refractivity contribution in [3.63, 3.8) is 0 Å². The third-order valence-corrected chi connectivity index (χ3v) is 4.88. The van der Waals surface area contributed by atoms with E-state index in [4.69, 9.17) is 4.52 Å². The van der Waals surface area contributed by atoms with Crippen LogP contribution in [-0.4, -0.2) is 41.5 Å². The van der Waals surface area contributed by atoms with E-state index in [1.807, 2.05) is 18.7 Å². The van der Waals surface area contributed by atoms with Crippen LogP contribution in [0, 0.1) is 19.3 Å². The summed E-state index contributed by atoms with van der Waals surface area (Å²) in [6, 6.07) is 0. The summed E-state index contributed by atoms with van der Waals surface area (Å²) < 4.78 is 5.10. The van der Waals surface area contributed by atoms with E-state index in [2.05, 4.69) is 10.5 Å². The first kappa shape index (κ1) is 14.1. The highest BCUT2D eigenvalue weighted by Crippen LogP contribution is 2.37. The molecule has 0 bridgehead atoms. The second-order valence-electron chi connectivity index (χ2n) is 6.31. The van der Waals surface area contributed by atoms with E-state index in [1.165, 1.54) is 0 Å². The average Bonchev–Trinajstić information content (AvgIpc) is 2.97. The largest absolute Gasteiger partial charge is 0.361 e. The maximum absolute atomic E-state index is 12.4. The fraction of sp³-hybridized carbons (Fsp3) is 0.667. The molecule has 3 heterocycles. The number of rotatable bonds is 2. The van der Waals surface area contributed by atoms with E-state index in [-0.39, 0.29) is 17.2 Å². The van der Waals surface area contributed by atoms with Gasteiger partial charge in [-0.15, -0.1) is 0 Å². The minimum atomic E-state index is 0.0803. The van der Waals surface area contributed by atoms with Crippen LogP contribution in [0.5, 0.6) is 0 Å². The van der Waals surface area contributed by atoms with Gasteiger partial charge < -0.3 is 14.7 Å². The normalized spacial score (nSPS) is 20.9. The monoisotopic (exact) mass is 291 g/mol. The van der Waals surface area contributed by atoms with Gasteiger partial charge in [0.1, 0.15) is 5.76 Å². The van der Waals surface area contributed by atoms with E-state index < -0.39 is 0 Å². The molecular weight excluding hydrogens is 270 g/mol. The number of nitrogens with one attached hydrogen (secondary N) is 1. The van der Waals surface area contributed by atoms with Gasteiger partial charge >= 0.3 is 0 Å². The number of likely N-dealkylation sites (tertiary alicyclic amines) is 1. The van der Waals surface area contributed by atoms with Crippen molar-refractivity contribution in [3.05, 3.63) is 17.0 Å². The zero-order valence-electron chi connectivity index (χ0n) is 12.6. The van der Waals surface area contributed by atoms with Crippen molar-refractivity contribution in [1.82, 2.24) is 15.4 Å². The first-order valence-corrected chi connectivity index (χ1v) is 7.45. The van der Waals surface area contributed by atoms with Crippen LogP contribution < -0.4 is 5.32 Å². The summed E-state index contributed by atoms with van der Waals surface area (Å²) in [4.78, 5) is 25.7. The molecule has 0 saturated carbocycles. The Morgan fingerprint density at radius 3 is 2.62 bits per heavy atom. The molecule has 114 valence electrons. The van der Waals surface area contributed by atoms with Gasteiger partial charge in [-0.1, -0.05) is 5.16 Å². The molecular formula is C15H21N3O3. The van der Waals surface area contributed by atoms with Gasteiger partial charge in [-0.25, -0.2) is 0 Å². The molecule has 0 aliphatic carbocycles. The summed E-state index contributed by atoms with van der Waals surface area (Å²) in [5.74, 6) is 0.988. The lowest BCUT2D eigenvalue weighted by molar-refractivity contribution is -0.132. The first-order chi connectivity index (χ1) is 9.99. The standard InChI is InChI=1S/C15H21N3O3/c1-10-12(11(2)21-17-10)7-14(20)18-5-3-15(4-6-18)8-13(19)16-9-15/h3-9H2,1-2H3,(H,16,19). The summed E-state index contributed by atoms with van der Waals surface area (Å²) >= 11 is 0. The number of piperidine rings is 1. The molecule has 2 saturated heterocycles. The van der Waals surface area contributed by atoms with E-state index in [9.17, 15) is 9.59 Å². The maximum atomic E-state index is 12.4. The molecule has 6 heteroatoms. The van der Waals surface area contributed by atoms with Crippen LogP contribution in [0.2, 0.25) is 0 Å². The number of amides is 2. The number of hydrogen-bond donors (Lipinski definition) is 1. The third-order valence-electron chi connectivity index (χ3n) is 4.88. The van der Waals surface area contributed by atoms with Crippen LogP contribution >= 0.6 is 0 Å². The van der Waals surface area contributed by atoms with Gasteiger partial charge in [-0.05, 0) is 32.1 Å². The number of carbonyl (C=O) groups is 2. The lowest BCUT2D eigenvalue weighted by atomic mass is 9.77. The van der Waals surface area contributed by atoms with Crippen molar-refractivity contribution < 1.29 is 14.1 Å². The summed E-state index contributed by atoms with van der Waals surface area (Å²) in [6.07, 6.45) is 2.77. The lowest BCUT2D eigenvalue weighted by Crippen LogP contribution is -2.44. The van der Waals surface area contributed by atoms with Gasteiger partial charge in [0.25, 0.3) is 0 Å². The lowest BCUT2D eigenvalue weighted by Gasteiger charge is -2.38. The van der Waals surface area contributed by atoms with Gasteiger partial charge in [-0.2, -0.15) is 0 Å². The number of nitrogens with zero attached hydrogens (tertiary/aromatic N) is 2. The summed E-state index contributed by atoms with van der Waals surface area (Å²) in [5, 5.41) is 6.80. The van der Waals surface area contributed by atoms with Gasteiger partial charge in [0.05, 0.1) is 12.1 Å². The van der Waals surface area contributed by atoms with Gasteiger partial charge in [0.2, 0.25) is 11.8 Å². The maximum Gasteiger partial charge on any atom is 0.227 e. The molecule has 1 spiro atoms. The Morgan fingerprint density at radius 2 is 2.10 bits per heavy atom. The number of aromatic nitrogens is 1. The fourth-order valence-electron chi connectivity index (χ4n) is 3.35. The Kier molecular flexibility index (Phi) is 3.47. The SMILES string of the molecule is Cc1noc(C)c1CC(=O)N1CCC2(CC1)CNC(=O)C2. The number of carbonyl (C=O) groups excluding carboxylic acids is 2. The molecule has 1 N–H and O–H groups in total. The summed E-state index contributed by atoms with van der Waals surface area (Å²) in [7, 11) is 0. The van der Waals surface area contributed by atoms with E-state index in [1.54, 1.807) is 0 Å². The molecule has 2 aliphatic rings. The highest BCUT2D eigenvalue weighted by Gasteiger charge is 2.41. The molecule has 0 aromatic carbocycles. The van der Waals surface area contributed by atoms with Crippen LogP contribution in [-0.2, 0) is 16.0 Å². The molecule has 0 radical (unpaired) electrons. The van der Waals surface area contributed by atoms with Gasteiger partial charge in [-0.3, -0.25) is 9.59 Å². The minimum absolute atomic E-state index is 0.0803. The number of hydrogen-bond acceptors (Lipinski definition) is 4. The zero-order valence-corrected chi connectivity index (χ0v) is 12.6. The predicted octanol–water partition coefficient (Wildman–Crippen LogP) is 0.963. The Hall–Kier alpha value is -1.85. The van der Waals surface area contributed by atoms with Gasteiger partial charge in [0.15, 0.2) is 0 Å². The molecule has 2 fully saturated rings. The highest BCUT2D eigenvalue weighted by atomic mass is 16.5. The second-order valence-corrected chi connectivity index (χ2v) is 6.31. The predicted molar refractivity (Wildman–Crippen MR) is 75.6 cm³/mol. The first-order valence-electron chi connectivity index (χ1n) is 7.45. The van der Waals surface area contributed by atoms with Crippen LogP contribution in [0.15, 0.2) is 4.52 Å². The van der Waals surface area contributed by atoms with Crippen molar-refractivity contribution in [3.8, 4) is 0 Å². The molecule has 2 aliphatic heterocycles. The molecule has 0 unspecified atom stereocenters. The molecule has 2 amide bonds. The third kappa shape index (κ3) is 2.66. The quantitative estimate of drug-likeness (QED) is 0.880. The van der Waals surface area contributed by atoms with Crippen molar-refractivity contribution in [2.45, 2.75) is 39.5 Å². The molecule has 6 nitrogen and oxygen atoms in total. The van der Waals surface area contributed by atoms with E-state index >= 15 is 0 Å². The Balaban J connectivity index is 1.59. The molecule has 0 atom stereocenters. The zero-order chi connectivity index (χ0) is 15.0. The van der Waals surface area contributed by atoms with Crippen LogP contribution in [0.3, 0.4) is 0 Å². The smallest absolute Gasteiger partial charge is 0.227 e. The Morgan fingerprint density at radius 1 is 1.38 bits per heavy atom. The molecule has 1 aromatic rings. The van der Waals surface area contributed by atoms with Crippen LogP contribution in [0.4, 0.5) is 0 Å². The van der Waals surface area contributed by atoms with Gasteiger partial charge in [0, 0.05) is 31.6 Å². The molecule has 1 aromatic heterocycles. The Labute approximate surface area is 123 Å². The van der Waals surface area contributed by atoms with Crippen LogP contribution in [0.25, 0.3) is 0 Å². The fourth-order valence-corrected chi connectivity index (χ4v) is 3.35. The van der Waals surface area contributed by atoms with Crippen molar-refractivity contribution >= 4 is 11.8 Å². The van der Waals surface area contributed by atoms with E-state index in [0.717, 1.165) is 49.5 Å². The topological polar surface area (TPSA) is 75.4 Å². The molecule has 21 heavy (non-hydrogen) atoms. The molecule has 3 rings (SSSR count). The van der Waals surface area contributed by atoms with Crippen molar-refractivity contribution in [2.24, 2.45) is 5.41 Å².